The van der Waals surface area contributed by atoms with Gasteiger partial charge >= 0.3 is 0 Å². The molecule has 31 heavy (non-hydrogen) atoms. The van der Waals surface area contributed by atoms with Crippen molar-refractivity contribution in [1.82, 2.24) is 15.8 Å². The maximum absolute atomic E-state index is 12.3. The highest BCUT2D eigenvalue weighted by molar-refractivity contribution is 5.93. The summed E-state index contributed by atoms with van der Waals surface area (Å²) in [5.41, 5.74) is 10.4. The van der Waals surface area contributed by atoms with Gasteiger partial charge in [0.1, 0.15) is 12.4 Å². The largest absolute Gasteiger partial charge is 0.487 e. The highest BCUT2D eigenvalue weighted by atomic mass is 16.5. The molecule has 3 aromatic rings. The molecule has 5 N–H and O–H groups in total. The van der Waals surface area contributed by atoms with E-state index in [0.29, 0.717) is 30.0 Å². The van der Waals surface area contributed by atoms with E-state index in [1.807, 2.05) is 30.3 Å². The van der Waals surface area contributed by atoms with Crippen LogP contribution < -0.4 is 21.3 Å². The van der Waals surface area contributed by atoms with Crippen molar-refractivity contribution in [2.75, 3.05) is 0 Å². The Balaban J connectivity index is 1.45. The van der Waals surface area contributed by atoms with Crippen molar-refractivity contribution in [2.24, 2.45) is 5.73 Å². The van der Waals surface area contributed by atoms with Gasteiger partial charge in [0.2, 0.25) is 5.91 Å². The van der Waals surface area contributed by atoms with Crippen LogP contribution in [0.15, 0.2) is 72.9 Å². The number of nitrogens with two attached hydrogens (primary N) is 1. The third-order valence-corrected chi connectivity index (χ3v) is 4.60. The van der Waals surface area contributed by atoms with E-state index in [-0.39, 0.29) is 12.5 Å². The average molecular weight is 420 g/mol. The molecule has 0 bridgehead atoms. The molecule has 1 unspecified atom stereocenters. The summed E-state index contributed by atoms with van der Waals surface area (Å²) in [6, 6.07) is 19.2. The molecule has 1 atom stereocenters. The fourth-order valence-electron chi connectivity index (χ4n) is 2.83. The Labute approximate surface area is 180 Å². The van der Waals surface area contributed by atoms with Crippen molar-refractivity contribution >= 4 is 11.8 Å². The van der Waals surface area contributed by atoms with Crippen LogP contribution in [0, 0.1) is 0 Å². The molecule has 2 amide bonds. The number of nitrogens with zero attached hydrogens (tertiary/aromatic N) is 1. The standard InChI is InChI=1S/C23H24N4O4/c24-21(23(29)26-13-16-6-8-18(9-7-16)22(28)27-30)12-19-10-11-20(14-25-19)31-15-17-4-2-1-3-5-17/h1-11,14,21,30H,12-13,15,24H2,(H,26,29)(H,27,28). The molecule has 1 heterocycles. The normalized spacial score (nSPS) is 11.4. The van der Waals surface area contributed by atoms with Crippen molar-refractivity contribution in [1.29, 1.82) is 0 Å². The monoisotopic (exact) mass is 420 g/mol. The van der Waals surface area contributed by atoms with Gasteiger partial charge in [-0.1, -0.05) is 42.5 Å². The molecule has 0 aliphatic rings. The number of benzene rings is 2. The maximum Gasteiger partial charge on any atom is 0.274 e. The predicted octanol–water partition coefficient (Wildman–Crippen LogP) is 1.97. The van der Waals surface area contributed by atoms with Crippen LogP contribution in [0.25, 0.3) is 0 Å². The van der Waals surface area contributed by atoms with E-state index in [4.69, 9.17) is 15.7 Å². The molecule has 0 aliphatic carbocycles. The number of aromatic nitrogens is 1. The number of rotatable bonds is 9. The lowest BCUT2D eigenvalue weighted by molar-refractivity contribution is -0.122. The number of hydrogen-bond donors (Lipinski definition) is 4. The van der Waals surface area contributed by atoms with E-state index in [2.05, 4.69) is 10.3 Å². The summed E-state index contributed by atoms with van der Waals surface area (Å²) in [6.45, 7) is 0.725. The molecule has 0 radical (unpaired) electrons. The third kappa shape index (κ3) is 6.63. The number of carbonyl (C=O) groups is 2. The minimum atomic E-state index is -0.747. The number of nitrogens with one attached hydrogen (secondary N) is 2. The molecule has 2 aromatic carbocycles. The molecule has 0 aliphatic heterocycles. The second-order valence-electron chi connectivity index (χ2n) is 6.93. The Hall–Kier alpha value is -3.75. The van der Waals surface area contributed by atoms with E-state index in [0.717, 1.165) is 11.1 Å². The SMILES string of the molecule is NC(Cc1ccc(OCc2ccccc2)cn1)C(=O)NCc1ccc(C(=O)NO)cc1. The van der Waals surface area contributed by atoms with Gasteiger partial charge in [0.15, 0.2) is 0 Å². The van der Waals surface area contributed by atoms with Crippen LogP contribution in [0.3, 0.4) is 0 Å². The summed E-state index contributed by atoms with van der Waals surface area (Å²) in [5.74, 6) is -0.256. The Bertz CT molecular complexity index is 992. The Kier molecular flexibility index (Phi) is 7.69. The first-order valence-corrected chi connectivity index (χ1v) is 9.73. The molecule has 1 aromatic heterocycles. The minimum Gasteiger partial charge on any atom is -0.487 e. The van der Waals surface area contributed by atoms with Gasteiger partial charge in [-0.25, -0.2) is 5.48 Å². The number of hydroxylamine groups is 1. The highest BCUT2D eigenvalue weighted by Gasteiger charge is 2.15. The molecule has 0 saturated heterocycles. The van der Waals surface area contributed by atoms with Crippen LogP contribution in [0.4, 0.5) is 0 Å². The predicted molar refractivity (Wildman–Crippen MR) is 114 cm³/mol. The Morgan fingerprint density at radius 3 is 2.39 bits per heavy atom. The van der Waals surface area contributed by atoms with Crippen molar-refractivity contribution < 1.29 is 19.5 Å². The van der Waals surface area contributed by atoms with E-state index in [1.165, 1.54) is 0 Å². The molecule has 8 heteroatoms. The van der Waals surface area contributed by atoms with Gasteiger partial charge in [0, 0.05) is 24.2 Å². The van der Waals surface area contributed by atoms with E-state index in [9.17, 15) is 9.59 Å². The van der Waals surface area contributed by atoms with Gasteiger partial charge in [-0.05, 0) is 35.4 Å². The molecular formula is C23H24N4O4. The zero-order valence-corrected chi connectivity index (χ0v) is 16.8. The minimum absolute atomic E-state index is 0.271. The van der Waals surface area contributed by atoms with Crippen LogP contribution in [-0.4, -0.2) is 28.0 Å². The average Bonchev–Trinajstić information content (AvgIpc) is 2.82. The molecular weight excluding hydrogens is 396 g/mol. The first-order valence-electron chi connectivity index (χ1n) is 9.73. The Morgan fingerprint density at radius 1 is 1.00 bits per heavy atom. The Morgan fingerprint density at radius 2 is 1.74 bits per heavy atom. The fourth-order valence-corrected chi connectivity index (χ4v) is 2.83. The summed E-state index contributed by atoms with van der Waals surface area (Å²) in [4.78, 5) is 27.9. The summed E-state index contributed by atoms with van der Waals surface area (Å²) in [7, 11) is 0. The lowest BCUT2D eigenvalue weighted by atomic mass is 10.1. The second kappa shape index (κ2) is 10.9. The van der Waals surface area contributed by atoms with E-state index >= 15 is 0 Å². The van der Waals surface area contributed by atoms with E-state index in [1.54, 1.807) is 48.1 Å². The maximum atomic E-state index is 12.3. The number of ether oxygens (including phenoxy) is 1. The lowest BCUT2D eigenvalue weighted by Crippen LogP contribution is -2.41. The van der Waals surface area contributed by atoms with Gasteiger partial charge in [-0.2, -0.15) is 0 Å². The second-order valence-corrected chi connectivity index (χ2v) is 6.93. The topological polar surface area (TPSA) is 127 Å². The van der Waals surface area contributed by atoms with Crippen molar-refractivity contribution in [3.63, 3.8) is 0 Å². The number of pyridine rings is 1. The number of amides is 2. The zero-order valence-electron chi connectivity index (χ0n) is 16.8. The third-order valence-electron chi connectivity index (χ3n) is 4.60. The van der Waals surface area contributed by atoms with Crippen molar-refractivity contribution in [2.45, 2.75) is 25.6 Å². The van der Waals surface area contributed by atoms with Crippen LogP contribution in [0.2, 0.25) is 0 Å². The van der Waals surface area contributed by atoms with Crippen LogP contribution in [0.1, 0.15) is 27.2 Å². The molecule has 8 nitrogen and oxygen atoms in total. The van der Waals surface area contributed by atoms with Crippen LogP contribution >= 0.6 is 0 Å². The first kappa shape index (κ1) is 21.9. The molecule has 0 spiro atoms. The highest BCUT2D eigenvalue weighted by Crippen LogP contribution is 2.13. The van der Waals surface area contributed by atoms with E-state index < -0.39 is 11.9 Å². The lowest BCUT2D eigenvalue weighted by Gasteiger charge is -2.13. The van der Waals surface area contributed by atoms with Gasteiger partial charge in [-0.15, -0.1) is 0 Å². The van der Waals surface area contributed by atoms with Crippen molar-refractivity contribution in [3.8, 4) is 5.75 Å². The van der Waals surface area contributed by atoms with Gasteiger partial charge in [-0.3, -0.25) is 19.8 Å². The summed E-state index contributed by atoms with van der Waals surface area (Å²) < 4.78 is 5.71. The van der Waals surface area contributed by atoms with Gasteiger partial charge < -0.3 is 15.8 Å². The first-order chi connectivity index (χ1) is 15.0. The molecule has 160 valence electrons. The van der Waals surface area contributed by atoms with Crippen LogP contribution in [0.5, 0.6) is 5.75 Å². The summed E-state index contributed by atoms with van der Waals surface area (Å²) in [5, 5.41) is 11.4. The van der Waals surface area contributed by atoms with Gasteiger partial charge in [0.05, 0.1) is 12.2 Å². The van der Waals surface area contributed by atoms with Crippen LogP contribution in [-0.2, 0) is 24.4 Å². The number of carbonyl (C=O) groups excluding carboxylic acids is 2. The molecule has 0 fully saturated rings. The fraction of sp³-hybridized carbons (Fsp3) is 0.174. The number of hydrogen-bond acceptors (Lipinski definition) is 6. The summed E-state index contributed by atoms with van der Waals surface area (Å²) >= 11 is 0. The molecule has 3 rings (SSSR count). The zero-order chi connectivity index (χ0) is 22.1. The van der Waals surface area contributed by atoms with Crippen molar-refractivity contribution in [3.05, 3.63) is 95.3 Å². The molecule has 0 saturated carbocycles. The quantitative estimate of drug-likeness (QED) is 0.310. The smallest absolute Gasteiger partial charge is 0.274 e. The summed E-state index contributed by atoms with van der Waals surface area (Å²) in [6.07, 6.45) is 1.91. The van der Waals surface area contributed by atoms with Gasteiger partial charge in [0.25, 0.3) is 5.91 Å².